The standard InChI is InChI=1S/C20H22N2O5/c1-27-18(25)15(8-12-6-7-16(23)17(24)9-12)22-19(26)20(21)10-13-4-2-3-5-14(13)11-20/h2-7,9,15,23-24H,8,10-11,21H2,1H3,(H,22,26)/t15-/m0/s1. The number of carbonyl (C=O) groups excluding carboxylic acids is 2. The van der Waals surface area contributed by atoms with Gasteiger partial charge in [-0.15, -0.1) is 0 Å². The number of fused-ring (bicyclic) bond motifs is 1. The molecule has 1 aliphatic rings. The predicted octanol–water partition coefficient (Wildman–Crippen LogP) is 0.794. The maximum atomic E-state index is 12.8. The van der Waals surface area contributed by atoms with Gasteiger partial charge < -0.3 is 26.0 Å². The van der Waals surface area contributed by atoms with E-state index in [4.69, 9.17) is 10.5 Å². The SMILES string of the molecule is COC(=O)[C@H](Cc1ccc(O)c(O)c1)NC(=O)C1(N)Cc2ccccc2C1. The summed E-state index contributed by atoms with van der Waals surface area (Å²) < 4.78 is 4.79. The molecule has 2 aromatic rings. The largest absolute Gasteiger partial charge is 0.504 e. The van der Waals surface area contributed by atoms with Crippen molar-refractivity contribution in [2.75, 3.05) is 7.11 Å². The first-order valence-corrected chi connectivity index (χ1v) is 8.58. The van der Waals surface area contributed by atoms with Gasteiger partial charge in [0, 0.05) is 6.42 Å². The third kappa shape index (κ3) is 3.88. The fourth-order valence-corrected chi connectivity index (χ4v) is 3.37. The van der Waals surface area contributed by atoms with Crippen molar-refractivity contribution in [3.63, 3.8) is 0 Å². The molecule has 1 aliphatic carbocycles. The summed E-state index contributed by atoms with van der Waals surface area (Å²) in [5, 5.41) is 21.7. The third-order valence-electron chi connectivity index (χ3n) is 4.85. The highest BCUT2D eigenvalue weighted by Crippen LogP contribution is 2.29. The Balaban J connectivity index is 1.75. The van der Waals surface area contributed by atoms with Crippen molar-refractivity contribution in [1.82, 2.24) is 5.32 Å². The summed E-state index contributed by atoms with van der Waals surface area (Å²) in [7, 11) is 1.24. The van der Waals surface area contributed by atoms with Crippen molar-refractivity contribution in [3.8, 4) is 11.5 Å². The van der Waals surface area contributed by atoms with Gasteiger partial charge in [0.1, 0.15) is 11.6 Å². The number of phenols is 2. The van der Waals surface area contributed by atoms with Gasteiger partial charge in [-0.25, -0.2) is 4.79 Å². The number of ether oxygens (including phenoxy) is 1. The molecule has 2 aromatic carbocycles. The Labute approximate surface area is 156 Å². The van der Waals surface area contributed by atoms with Crippen LogP contribution in [0.25, 0.3) is 0 Å². The molecular formula is C20H22N2O5. The number of phenolic OH excluding ortho intramolecular Hbond substituents is 2. The molecule has 0 unspecified atom stereocenters. The molecule has 3 rings (SSSR count). The molecule has 0 aromatic heterocycles. The van der Waals surface area contributed by atoms with E-state index in [1.165, 1.54) is 19.2 Å². The summed E-state index contributed by atoms with van der Waals surface area (Å²) in [4.78, 5) is 25.0. The second-order valence-corrected chi connectivity index (χ2v) is 6.85. The molecule has 142 valence electrons. The third-order valence-corrected chi connectivity index (χ3v) is 4.85. The Morgan fingerprint density at radius 3 is 2.33 bits per heavy atom. The lowest BCUT2D eigenvalue weighted by atomic mass is 9.95. The molecular weight excluding hydrogens is 348 g/mol. The van der Waals surface area contributed by atoms with Gasteiger partial charge in [-0.05, 0) is 41.7 Å². The van der Waals surface area contributed by atoms with Crippen LogP contribution >= 0.6 is 0 Å². The number of hydrogen-bond donors (Lipinski definition) is 4. The smallest absolute Gasteiger partial charge is 0.328 e. The first-order chi connectivity index (χ1) is 12.8. The molecule has 1 amide bonds. The zero-order valence-corrected chi connectivity index (χ0v) is 14.9. The molecule has 7 heteroatoms. The summed E-state index contributed by atoms with van der Waals surface area (Å²) in [5.41, 5.74) is 7.81. The number of methoxy groups -OCH3 is 1. The number of esters is 1. The number of benzene rings is 2. The van der Waals surface area contributed by atoms with E-state index in [0.717, 1.165) is 11.1 Å². The summed E-state index contributed by atoms with van der Waals surface area (Å²) in [5.74, 6) is -1.61. The molecule has 0 fully saturated rings. The first kappa shape index (κ1) is 18.7. The quantitative estimate of drug-likeness (QED) is 0.456. The summed E-state index contributed by atoms with van der Waals surface area (Å²) in [6.45, 7) is 0. The van der Waals surface area contributed by atoms with Gasteiger partial charge in [-0.3, -0.25) is 4.79 Å². The van der Waals surface area contributed by atoms with Crippen molar-refractivity contribution in [3.05, 3.63) is 59.2 Å². The molecule has 0 radical (unpaired) electrons. The van der Waals surface area contributed by atoms with Gasteiger partial charge in [0.2, 0.25) is 5.91 Å². The molecule has 0 bridgehead atoms. The van der Waals surface area contributed by atoms with Crippen LogP contribution in [-0.2, 0) is 33.6 Å². The molecule has 0 saturated carbocycles. The van der Waals surface area contributed by atoms with E-state index >= 15 is 0 Å². The van der Waals surface area contributed by atoms with Crippen molar-refractivity contribution < 1.29 is 24.5 Å². The minimum absolute atomic E-state index is 0.0925. The van der Waals surface area contributed by atoms with Crippen LogP contribution in [0.4, 0.5) is 0 Å². The van der Waals surface area contributed by atoms with Crippen molar-refractivity contribution in [2.45, 2.75) is 30.8 Å². The van der Waals surface area contributed by atoms with E-state index in [1.54, 1.807) is 6.07 Å². The number of hydrogen-bond acceptors (Lipinski definition) is 6. The Bertz CT molecular complexity index is 855. The number of nitrogens with one attached hydrogen (secondary N) is 1. The number of nitrogens with two attached hydrogens (primary N) is 1. The molecule has 0 heterocycles. The first-order valence-electron chi connectivity index (χ1n) is 8.58. The minimum atomic E-state index is -1.13. The van der Waals surface area contributed by atoms with Crippen LogP contribution < -0.4 is 11.1 Å². The number of rotatable bonds is 5. The van der Waals surface area contributed by atoms with Crippen molar-refractivity contribution in [2.24, 2.45) is 5.73 Å². The second-order valence-electron chi connectivity index (χ2n) is 6.85. The van der Waals surface area contributed by atoms with Crippen LogP contribution in [0.3, 0.4) is 0 Å². The van der Waals surface area contributed by atoms with Crippen molar-refractivity contribution in [1.29, 1.82) is 0 Å². The Morgan fingerprint density at radius 2 is 1.78 bits per heavy atom. The molecule has 27 heavy (non-hydrogen) atoms. The zero-order valence-electron chi connectivity index (χ0n) is 14.9. The van der Waals surface area contributed by atoms with Crippen LogP contribution in [0.1, 0.15) is 16.7 Å². The topological polar surface area (TPSA) is 122 Å². The Morgan fingerprint density at radius 1 is 1.15 bits per heavy atom. The summed E-state index contributed by atoms with van der Waals surface area (Å²) >= 11 is 0. The predicted molar refractivity (Wildman–Crippen MR) is 98.2 cm³/mol. The number of aromatic hydroxyl groups is 2. The molecule has 1 atom stereocenters. The average molecular weight is 370 g/mol. The molecule has 5 N–H and O–H groups in total. The van der Waals surface area contributed by atoms with E-state index in [9.17, 15) is 19.8 Å². The van der Waals surface area contributed by atoms with Crippen molar-refractivity contribution >= 4 is 11.9 Å². The average Bonchev–Trinajstić information content (AvgIpc) is 3.01. The molecule has 0 spiro atoms. The lowest BCUT2D eigenvalue weighted by Crippen LogP contribution is -2.58. The molecule has 0 aliphatic heterocycles. The van der Waals surface area contributed by atoms with Crippen LogP contribution in [0, 0.1) is 0 Å². The fraction of sp³-hybridized carbons (Fsp3) is 0.300. The minimum Gasteiger partial charge on any atom is -0.504 e. The highest BCUT2D eigenvalue weighted by molar-refractivity contribution is 5.91. The summed E-state index contributed by atoms with van der Waals surface area (Å²) in [6.07, 6.45) is 0.876. The van der Waals surface area contributed by atoms with Gasteiger partial charge in [-0.2, -0.15) is 0 Å². The van der Waals surface area contributed by atoms with Crippen LogP contribution in [0.5, 0.6) is 11.5 Å². The second kappa shape index (κ2) is 7.28. The highest BCUT2D eigenvalue weighted by Gasteiger charge is 2.41. The van der Waals surface area contributed by atoms with Gasteiger partial charge >= 0.3 is 5.97 Å². The lowest BCUT2D eigenvalue weighted by Gasteiger charge is -2.26. The zero-order chi connectivity index (χ0) is 19.6. The normalized spacial score (nSPS) is 15.6. The fourth-order valence-electron chi connectivity index (χ4n) is 3.37. The van der Waals surface area contributed by atoms with E-state index < -0.39 is 23.5 Å². The number of amides is 1. The molecule has 0 saturated heterocycles. The Kier molecular flexibility index (Phi) is 5.05. The van der Waals surface area contributed by atoms with Gasteiger partial charge in [0.15, 0.2) is 11.5 Å². The van der Waals surface area contributed by atoms with Crippen LogP contribution in [0.2, 0.25) is 0 Å². The van der Waals surface area contributed by atoms with Gasteiger partial charge in [-0.1, -0.05) is 30.3 Å². The molecule has 7 nitrogen and oxygen atoms in total. The summed E-state index contributed by atoms with van der Waals surface area (Å²) in [6, 6.07) is 10.9. The van der Waals surface area contributed by atoms with Crippen LogP contribution in [0.15, 0.2) is 42.5 Å². The van der Waals surface area contributed by atoms with E-state index in [0.29, 0.717) is 18.4 Å². The lowest BCUT2D eigenvalue weighted by molar-refractivity contribution is -0.145. The Hall–Kier alpha value is -3.06. The van der Waals surface area contributed by atoms with E-state index in [2.05, 4.69) is 5.32 Å². The maximum absolute atomic E-state index is 12.8. The van der Waals surface area contributed by atoms with E-state index in [1.807, 2.05) is 24.3 Å². The van der Waals surface area contributed by atoms with Gasteiger partial charge in [0.05, 0.1) is 7.11 Å². The highest BCUT2D eigenvalue weighted by atomic mass is 16.5. The maximum Gasteiger partial charge on any atom is 0.328 e. The van der Waals surface area contributed by atoms with Gasteiger partial charge in [0.25, 0.3) is 0 Å². The number of carbonyl (C=O) groups is 2. The van der Waals surface area contributed by atoms with E-state index in [-0.39, 0.29) is 17.9 Å². The van der Waals surface area contributed by atoms with Crippen LogP contribution in [-0.4, -0.2) is 40.8 Å². The monoisotopic (exact) mass is 370 g/mol.